The summed E-state index contributed by atoms with van der Waals surface area (Å²) >= 11 is 0. The van der Waals surface area contributed by atoms with Crippen LogP contribution in [0.4, 0.5) is 0 Å². The number of nitrogens with zero attached hydrogens (tertiary/aromatic N) is 1. The summed E-state index contributed by atoms with van der Waals surface area (Å²) in [6.07, 6.45) is 0. The first-order chi connectivity index (χ1) is 10.4. The van der Waals surface area contributed by atoms with Crippen molar-refractivity contribution in [2.24, 2.45) is 0 Å². The van der Waals surface area contributed by atoms with Crippen molar-refractivity contribution in [1.82, 2.24) is 10.3 Å². The molecule has 0 amide bonds. The fraction of sp³-hybridized carbons (Fsp3) is 0.353. The molecule has 5 heteroatoms. The highest BCUT2D eigenvalue weighted by Gasteiger charge is 2.18. The second-order valence-electron chi connectivity index (χ2n) is 5.65. The molecular formula is C17H22N2O2S. The molecule has 2 aromatic rings. The Kier molecular flexibility index (Phi) is 5.32. The van der Waals surface area contributed by atoms with Crippen LogP contribution in [0.2, 0.25) is 0 Å². The van der Waals surface area contributed by atoms with E-state index in [4.69, 9.17) is 0 Å². The van der Waals surface area contributed by atoms with Crippen molar-refractivity contribution in [2.75, 3.05) is 5.75 Å². The molecule has 4 nitrogen and oxygen atoms in total. The van der Waals surface area contributed by atoms with Crippen LogP contribution in [0.5, 0.6) is 0 Å². The molecule has 2 rings (SSSR count). The van der Waals surface area contributed by atoms with Gasteiger partial charge < -0.3 is 5.32 Å². The Labute approximate surface area is 132 Å². The highest BCUT2D eigenvalue weighted by atomic mass is 32.2. The molecule has 0 bridgehead atoms. The molecule has 0 saturated carbocycles. The lowest BCUT2D eigenvalue weighted by atomic mass is 10.2. The number of pyridine rings is 1. The molecule has 1 N–H and O–H groups in total. The molecule has 0 aliphatic rings. The largest absolute Gasteiger partial charge is 0.308 e. The third kappa shape index (κ3) is 4.64. The van der Waals surface area contributed by atoms with Crippen molar-refractivity contribution < 1.29 is 8.42 Å². The van der Waals surface area contributed by atoms with Crippen LogP contribution >= 0.6 is 0 Å². The van der Waals surface area contributed by atoms with Crippen LogP contribution in [0.25, 0.3) is 0 Å². The van der Waals surface area contributed by atoms with Crippen LogP contribution in [-0.4, -0.2) is 25.2 Å². The number of aryl methyl sites for hydroxylation is 2. The molecule has 1 aromatic carbocycles. The highest BCUT2D eigenvalue weighted by molar-refractivity contribution is 7.91. The summed E-state index contributed by atoms with van der Waals surface area (Å²) in [5.74, 6) is 0.0713. The topological polar surface area (TPSA) is 59.1 Å². The summed E-state index contributed by atoms with van der Waals surface area (Å²) in [5, 5.41) is 3.22. The van der Waals surface area contributed by atoms with Gasteiger partial charge in [0.15, 0.2) is 9.84 Å². The minimum atomic E-state index is -3.27. The van der Waals surface area contributed by atoms with Gasteiger partial charge in [-0.15, -0.1) is 0 Å². The molecule has 0 radical (unpaired) electrons. The van der Waals surface area contributed by atoms with Gasteiger partial charge in [0, 0.05) is 18.3 Å². The second kappa shape index (κ2) is 7.03. The molecule has 0 fully saturated rings. The van der Waals surface area contributed by atoms with E-state index in [9.17, 15) is 8.42 Å². The van der Waals surface area contributed by atoms with Gasteiger partial charge in [-0.1, -0.05) is 23.8 Å². The van der Waals surface area contributed by atoms with Gasteiger partial charge in [-0.2, -0.15) is 0 Å². The first kappa shape index (κ1) is 16.6. The quantitative estimate of drug-likeness (QED) is 0.889. The normalized spacial score (nSPS) is 13.0. The Bertz CT molecular complexity index is 725. The van der Waals surface area contributed by atoms with Gasteiger partial charge in [-0.25, -0.2) is 8.42 Å². The first-order valence-electron chi connectivity index (χ1n) is 7.32. The van der Waals surface area contributed by atoms with Crippen LogP contribution in [-0.2, 0) is 16.4 Å². The minimum Gasteiger partial charge on any atom is -0.308 e. The number of nitrogens with one attached hydrogen (secondary N) is 1. The summed E-state index contributed by atoms with van der Waals surface area (Å²) in [6.45, 7) is 6.32. The van der Waals surface area contributed by atoms with Crippen molar-refractivity contribution in [3.63, 3.8) is 0 Å². The summed E-state index contributed by atoms with van der Waals surface area (Å²) < 4.78 is 24.7. The number of hydrogen-bond acceptors (Lipinski definition) is 4. The maximum Gasteiger partial charge on any atom is 0.179 e. The Balaban J connectivity index is 1.96. The molecule has 1 heterocycles. The minimum absolute atomic E-state index is 0.0713. The molecule has 0 spiro atoms. The van der Waals surface area contributed by atoms with Crippen molar-refractivity contribution in [3.05, 3.63) is 59.4 Å². The molecule has 1 aromatic heterocycles. The molecule has 0 saturated heterocycles. The van der Waals surface area contributed by atoms with E-state index in [0.29, 0.717) is 11.4 Å². The van der Waals surface area contributed by atoms with E-state index in [-0.39, 0.29) is 11.8 Å². The zero-order valence-electron chi connectivity index (χ0n) is 13.2. The Morgan fingerprint density at radius 3 is 2.41 bits per heavy atom. The molecule has 22 heavy (non-hydrogen) atoms. The van der Waals surface area contributed by atoms with E-state index in [2.05, 4.69) is 10.3 Å². The van der Waals surface area contributed by atoms with Crippen LogP contribution in [0, 0.1) is 13.8 Å². The highest BCUT2D eigenvalue weighted by Crippen LogP contribution is 2.13. The third-order valence-electron chi connectivity index (χ3n) is 3.43. The van der Waals surface area contributed by atoms with Gasteiger partial charge in [0.05, 0.1) is 16.3 Å². The maximum absolute atomic E-state index is 12.4. The molecular weight excluding hydrogens is 296 g/mol. The number of hydrogen-bond donors (Lipinski definition) is 1. The molecule has 0 aliphatic carbocycles. The van der Waals surface area contributed by atoms with Crippen LogP contribution in [0.3, 0.4) is 0 Å². The molecule has 0 aliphatic heterocycles. The first-order valence-corrected chi connectivity index (χ1v) is 8.97. The van der Waals surface area contributed by atoms with Crippen molar-refractivity contribution in [2.45, 2.75) is 38.3 Å². The molecule has 1 atom stereocenters. The lowest BCUT2D eigenvalue weighted by Gasteiger charge is -2.14. The Hall–Kier alpha value is -1.72. The van der Waals surface area contributed by atoms with Gasteiger partial charge in [0.1, 0.15) is 0 Å². The standard InChI is InChI=1S/C17H22N2O2S/c1-13-7-9-17(10-8-13)22(20,21)12-15(3)18-11-16-6-4-5-14(2)19-16/h4-10,15,18H,11-12H2,1-3H3. The van der Waals surface area contributed by atoms with Crippen molar-refractivity contribution in [3.8, 4) is 0 Å². The van der Waals surface area contributed by atoms with Gasteiger partial charge in [-0.05, 0) is 45.0 Å². The second-order valence-corrected chi connectivity index (χ2v) is 7.68. The average molecular weight is 318 g/mol. The summed E-state index contributed by atoms with van der Waals surface area (Å²) in [5.41, 5.74) is 2.93. The number of aromatic nitrogens is 1. The van der Waals surface area contributed by atoms with E-state index in [1.165, 1.54) is 0 Å². The van der Waals surface area contributed by atoms with Gasteiger partial charge in [0.25, 0.3) is 0 Å². The van der Waals surface area contributed by atoms with E-state index in [1.54, 1.807) is 12.1 Å². The third-order valence-corrected chi connectivity index (χ3v) is 5.36. The fourth-order valence-corrected chi connectivity index (χ4v) is 3.73. The van der Waals surface area contributed by atoms with E-state index in [1.807, 2.05) is 51.1 Å². The predicted octanol–water partition coefficient (Wildman–Crippen LogP) is 2.65. The van der Waals surface area contributed by atoms with Gasteiger partial charge in [0.2, 0.25) is 0 Å². The lowest BCUT2D eigenvalue weighted by Crippen LogP contribution is -2.32. The summed E-state index contributed by atoms with van der Waals surface area (Å²) in [6, 6.07) is 12.7. The van der Waals surface area contributed by atoms with E-state index >= 15 is 0 Å². The van der Waals surface area contributed by atoms with E-state index < -0.39 is 9.84 Å². The van der Waals surface area contributed by atoms with Gasteiger partial charge in [-0.3, -0.25) is 4.98 Å². The number of sulfone groups is 1. The van der Waals surface area contributed by atoms with Crippen LogP contribution < -0.4 is 5.32 Å². The summed E-state index contributed by atoms with van der Waals surface area (Å²) in [4.78, 5) is 4.77. The zero-order valence-corrected chi connectivity index (χ0v) is 14.0. The van der Waals surface area contributed by atoms with Gasteiger partial charge >= 0.3 is 0 Å². The van der Waals surface area contributed by atoms with Crippen LogP contribution in [0.1, 0.15) is 23.9 Å². The zero-order chi connectivity index (χ0) is 16.2. The predicted molar refractivity (Wildman–Crippen MR) is 88.5 cm³/mol. The molecule has 118 valence electrons. The fourth-order valence-electron chi connectivity index (χ4n) is 2.21. The van der Waals surface area contributed by atoms with E-state index in [0.717, 1.165) is 17.0 Å². The van der Waals surface area contributed by atoms with Crippen LogP contribution in [0.15, 0.2) is 47.4 Å². The van der Waals surface area contributed by atoms with Crippen molar-refractivity contribution in [1.29, 1.82) is 0 Å². The SMILES string of the molecule is Cc1ccc(S(=O)(=O)CC(C)NCc2cccc(C)n2)cc1. The number of benzene rings is 1. The number of rotatable bonds is 6. The lowest BCUT2D eigenvalue weighted by molar-refractivity contribution is 0.552. The Morgan fingerprint density at radius 2 is 1.77 bits per heavy atom. The smallest absolute Gasteiger partial charge is 0.179 e. The monoisotopic (exact) mass is 318 g/mol. The molecule has 1 unspecified atom stereocenters. The maximum atomic E-state index is 12.4. The summed E-state index contributed by atoms with van der Waals surface area (Å²) in [7, 11) is -3.27. The average Bonchev–Trinajstić information content (AvgIpc) is 2.45. The Morgan fingerprint density at radius 1 is 1.09 bits per heavy atom. The van der Waals surface area contributed by atoms with Crippen molar-refractivity contribution >= 4 is 9.84 Å².